The van der Waals surface area contributed by atoms with Gasteiger partial charge in [-0.05, 0) is 18.2 Å². The fourth-order valence-corrected chi connectivity index (χ4v) is 4.01. The van der Waals surface area contributed by atoms with E-state index in [9.17, 15) is 4.39 Å². The Bertz CT molecular complexity index is 983. The van der Waals surface area contributed by atoms with Crippen LogP contribution in [0.5, 0.6) is 0 Å². The van der Waals surface area contributed by atoms with E-state index in [2.05, 4.69) is 21.9 Å². The zero-order valence-corrected chi connectivity index (χ0v) is 14.9. The molecular weight excluding hydrogens is 351 g/mol. The van der Waals surface area contributed by atoms with E-state index in [-0.39, 0.29) is 12.4 Å². The summed E-state index contributed by atoms with van der Waals surface area (Å²) in [5, 5.41) is 14.9. The molecule has 0 aliphatic carbocycles. The molecule has 0 saturated heterocycles. The summed E-state index contributed by atoms with van der Waals surface area (Å²) in [5.41, 5.74) is 2.98. The summed E-state index contributed by atoms with van der Waals surface area (Å²) in [6, 6.07) is 8.70. The van der Waals surface area contributed by atoms with Gasteiger partial charge in [-0.25, -0.2) is 4.39 Å². The van der Waals surface area contributed by atoms with Gasteiger partial charge < -0.3 is 9.63 Å². The minimum atomic E-state index is -0.286. The lowest BCUT2D eigenvalue weighted by Gasteiger charge is -2.25. The number of fused-ring (bicyclic) bond motifs is 1. The summed E-state index contributed by atoms with van der Waals surface area (Å²) >= 11 is 1.66. The maximum Gasteiger partial charge on any atom is 0.143 e. The smallest absolute Gasteiger partial charge is 0.143 e. The molecule has 1 N–H and O–H groups in total. The molecular formula is C20H17FN2O2S. The molecule has 2 aromatic heterocycles. The molecule has 1 aromatic carbocycles. The minimum absolute atomic E-state index is 0.133. The lowest BCUT2D eigenvalue weighted by Crippen LogP contribution is -2.29. The molecule has 3 heterocycles. The van der Waals surface area contributed by atoms with Gasteiger partial charge in [0.15, 0.2) is 0 Å². The number of aliphatic hydroxyl groups is 1. The Morgan fingerprint density at radius 1 is 1.35 bits per heavy atom. The monoisotopic (exact) mass is 368 g/mol. The predicted octanol–water partition coefficient (Wildman–Crippen LogP) is 3.44. The normalized spacial score (nSPS) is 13.9. The fraction of sp³-hybridized carbons (Fsp3) is 0.250. The van der Waals surface area contributed by atoms with Crippen LogP contribution in [0.2, 0.25) is 0 Å². The van der Waals surface area contributed by atoms with Crippen molar-refractivity contribution >= 4 is 11.3 Å². The van der Waals surface area contributed by atoms with Gasteiger partial charge in [-0.3, -0.25) is 4.90 Å². The first kappa shape index (κ1) is 17.0. The summed E-state index contributed by atoms with van der Waals surface area (Å²) in [4.78, 5) is 3.51. The predicted molar refractivity (Wildman–Crippen MR) is 98.0 cm³/mol. The van der Waals surface area contributed by atoms with Crippen LogP contribution in [0.4, 0.5) is 4.39 Å². The van der Waals surface area contributed by atoms with Gasteiger partial charge in [-0.2, -0.15) is 0 Å². The average Bonchev–Trinajstić information content (AvgIpc) is 3.27. The molecule has 0 amide bonds. The molecule has 4 rings (SSSR count). The molecule has 0 atom stereocenters. The third kappa shape index (κ3) is 3.42. The molecule has 132 valence electrons. The van der Waals surface area contributed by atoms with Crippen molar-refractivity contribution in [2.24, 2.45) is 0 Å². The fourth-order valence-electron chi connectivity index (χ4n) is 3.16. The van der Waals surface area contributed by atoms with Crippen LogP contribution in [0.1, 0.15) is 21.8 Å². The third-order valence-electron chi connectivity index (χ3n) is 4.38. The van der Waals surface area contributed by atoms with E-state index in [1.54, 1.807) is 29.5 Å². The van der Waals surface area contributed by atoms with E-state index in [1.165, 1.54) is 10.9 Å². The Balaban J connectivity index is 1.54. The SMILES string of the molecule is OCC#Cc1csc(CN2CCc3onc(-c4ccccc4F)c3C2)c1. The number of aliphatic hydroxyl groups excluding tert-OH is 1. The van der Waals surface area contributed by atoms with Crippen LogP contribution in [0, 0.1) is 17.7 Å². The van der Waals surface area contributed by atoms with Crippen LogP contribution in [-0.4, -0.2) is 28.3 Å². The number of thiophene rings is 1. The van der Waals surface area contributed by atoms with Gasteiger partial charge in [0.25, 0.3) is 0 Å². The molecule has 26 heavy (non-hydrogen) atoms. The number of aromatic nitrogens is 1. The quantitative estimate of drug-likeness (QED) is 0.720. The average molecular weight is 368 g/mol. The van der Waals surface area contributed by atoms with Crippen molar-refractivity contribution in [3.05, 3.63) is 63.3 Å². The minimum Gasteiger partial charge on any atom is -0.384 e. The molecule has 0 spiro atoms. The van der Waals surface area contributed by atoms with Crippen LogP contribution < -0.4 is 0 Å². The topological polar surface area (TPSA) is 49.5 Å². The summed E-state index contributed by atoms with van der Waals surface area (Å²) in [5.74, 6) is 6.15. The summed E-state index contributed by atoms with van der Waals surface area (Å²) in [6.45, 7) is 2.21. The largest absolute Gasteiger partial charge is 0.384 e. The van der Waals surface area contributed by atoms with Crippen LogP contribution in [0.25, 0.3) is 11.3 Å². The molecule has 1 aliphatic rings. The van der Waals surface area contributed by atoms with Crippen molar-refractivity contribution in [1.29, 1.82) is 0 Å². The van der Waals surface area contributed by atoms with E-state index in [4.69, 9.17) is 9.63 Å². The van der Waals surface area contributed by atoms with E-state index in [0.29, 0.717) is 17.8 Å². The Kier molecular flexibility index (Phi) is 4.85. The van der Waals surface area contributed by atoms with Crippen LogP contribution in [0.15, 0.2) is 40.2 Å². The molecule has 1 aliphatic heterocycles. The van der Waals surface area contributed by atoms with E-state index in [1.807, 2.05) is 11.4 Å². The highest BCUT2D eigenvalue weighted by molar-refractivity contribution is 7.10. The van der Waals surface area contributed by atoms with Crippen molar-refractivity contribution in [3.8, 4) is 23.1 Å². The highest BCUT2D eigenvalue weighted by Crippen LogP contribution is 2.32. The van der Waals surface area contributed by atoms with Crippen molar-refractivity contribution in [2.45, 2.75) is 19.5 Å². The van der Waals surface area contributed by atoms with Gasteiger partial charge in [0.05, 0.1) is 0 Å². The number of halogens is 1. The summed E-state index contributed by atoms with van der Waals surface area (Å²) in [7, 11) is 0. The first-order valence-electron chi connectivity index (χ1n) is 8.36. The van der Waals surface area contributed by atoms with Gasteiger partial charge in [0.2, 0.25) is 0 Å². The lowest BCUT2D eigenvalue weighted by molar-refractivity contribution is 0.230. The maximum absolute atomic E-state index is 14.1. The maximum atomic E-state index is 14.1. The Morgan fingerprint density at radius 3 is 3.08 bits per heavy atom. The van der Waals surface area contributed by atoms with Gasteiger partial charge in [-0.1, -0.05) is 29.1 Å². The molecule has 6 heteroatoms. The first-order valence-corrected chi connectivity index (χ1v) is 9.24. The van der Waals surface area contributed by atoms with Gasteiger partial charge in [0, 0.05) is 53.0 Å². The van der Waals surface area contributed by atoms with Crippen LogP contribution in [0.3, 0.4) is 0 Å². The van der Waals surface area contributed by atoms with Crippen LogP contribution >= 0.6 is 11.3 Å². The molecule has 0 saturated carbocycles. The molecule has 0 bridgehead atoms. The standard InChI is InChI=1S/C20H17FN2O2S/c21-18-6-2-1-5-16(18)20-17-12-23(8-7-19(17)25-22-20)11-15-10-14(13-26-15)4-3-9-24/h1-2,5-6,10,13,24H,7-9,11-12H2. The van der Waals surface area contributed by atoms with E-state index < -0.39 is 0 Å². The number of rotatable bonds is 3. The van der Waals surface area contributed by atoms with Crippen LogP contribution in [-0.2, 0) is 19.5 Å². The zero-order chi connectivity index (χ0) is 17.9. The molecule has 4 nitrogen and oxygen atoms in total. The number of hydrogen-bond donors (Lipinski definition) is 1. The highest BCUT2D eigenvalue weighted by Gasteiger charge is 2.26. The molecule has 3 aromatic rings. The second-order valence-corrected chi connectivity index (χ2v) is 7.13. The number of benzene rings is 1. The highest BCUT2D eigenvalue weighted by atomic mass is 32.1. The third-order valence-corrected chi connectivity index (χ3v) is 5.30. The number of nitrogens with zero attached hydrogens (tertiary/aromatic N) is 2. The van der Waals surface area contributed by atoms with Gasteiger partial charge in [-0.15, -0.1) is 11.3 Å². The Morgan fingerprint density at radius 2 is 2.23 bits per heavy atom. The molecule has 0 unspecified atom stereocenters. The van der Waals surface area contributed by atoms with Crippen molar-refractivity contribution in [3.63, 3.8) is 0 Å². The van der Waals surface area contributed by atoms with Gasteiger partial charge in [0.1, 0.15) is 23.9 Å². The second-order valence-electron chi connectivity index (χ2n) is 6.13. The van der Waals surface area contributed by atoms with E-state index >= 15 is 0 Å². The zero-order valence-electron chi connectivity index (χ0n) is 14.0. The molecule has 0 radical (unpaired) electrons. The lowest BCUT2D eigenvalue weighted by atomic mass is 10.0. The molecule has 0 fully saturated rings. The van der Waals surface area contributed by atoms with Gasteiger partial charge >= 0.3 is 0 Å². The summed E-state index contributed by atoms with van der Waals surface area (Å²) in [6.07, 6.45) is 0.763. The van der Waals surface area contributed by atoms with Crippen molar-refractivity contribution in [2.75, 3.05) is 13.2 Å². The van der Waals surface area contributed by atoms with Crippen molar-refractivity contribution in [1.82, 2.24) is 10.1 Å². The Labute approximate surface area is 154 Å². The Hall–Kier alpha value is -2.46. The first-order chi connectivity index (χ1) is 12.7. The van der Waals surface area contributed by atoms with E-state index in [0.717, 1.165) is 36.4 Å². The summed E-state index contributed by atoms with van der Waals surface area (Å²) < 4.78 is 19.6. The number of hydrogen-bond acceptors (Lipinski definition) is 5. The van der Waals surface area contributed by atoms with Crippen molar-refractivity contribution < 1.29 is 14.0 Å². The second kappa shape index (κ2) is 7.42.